The van der Waals surface area contributed by atoms with Gasteiger partial charge in [-0.1, -0.05) is 38.5 Å². The Balaban J connectivity index is 1.49. The molecular formula is C24H32N2O5. The highest BCUT2D eigenvalue weighted by Crippen LogP contribution is 2.31. The summed E-state index contributed by atoms with van der Waals surface area (Å²) in [6.45, 7) is 7.57. The molecule has 0 saturated carbocycles. The second-order valence-corrected chi connectivity index (χ2v) is 8.16. The molecule has 3 heterocycles. The van der Waals surface area contributed by atoms with Gasteiger partial charge < -0.3 is 18.9 Å². The zero-order valence-corrected chi connectivity index (χ0v) is 18.5. The van der Waals surface area contributed by atoms with E-state index in [2.05, 4.69) is 37.0 Å². The Hall–Kier alpha value is -2.22. The molecule has 1 fully saturated rings. The molecule has 7 nitrogen and oxygen atoms in total. The van der Waals surface area contributed by atoms with Crippen molar-refractivity contribution in [3.8, 4) is 17.1 Å². The molecule has 1 unspecified atom stereocenters. The van der Waals surface area contributed by atoms with Crippen LogP contribution in [0.1, 0.15) is 44.2 Å². The van der Waals surface area contributed by atoms with E-state index in [1.54, 1.807) is 4.57 Å². The number of nitrogens with zero attached hydrogens (tertiary/aromatic N) is 2. The summed E-state index contributed by atoms with van der Waals surface area (Å²) in [5, 5.41) is 0. The van der Waals surface area contributed by atoms with E-state index in [-0.39, 0.29) is 11.8 Å². The third kappa shape index (κ3) is 5.34. The minimum absolute atomic E-state index is 0.135. The lowest BCUT2D eigenvalue weighted by Crippen LogP contribution is -2.34. The molecule has 0 spiro atoms. The van der Waals surface area contributed by atoms with Crippen LogP contribution in [0.3, 0.4) is 0 Å². The number of aryl methyl sites for hydroxylation is 1. The highest BCUT2D eigenvalue weighted by atomic mass is 16.6. The van der Waals surface area contributed by atoms with E-state index in [9.17, 15) is 4.79 Å². The number of fused-ring (bicyclic) bond motifs is 3. The predicted octanol–water partition coefficient (Wildman–Crippen LogP) is 3.36. The van der Waals surface area contributed by atoms with Crippen LogP contribution in [0.25, 0.3) is 11.3 Å². The highest BCUT2D eigenvalue weighted by Gasteiger charge is 2.21. The minimum atomic E-state index is -0.281. The summed E-state index contributed by atoms with van der Waals surface area (Å²) in [4.78, 5) is 16.7. The second-order valence-electron chi connectivity index (χ2n) is 8.16. The van der Waals surface area contributed by atoms with Crippen LogP contribution < -0.4 is 10.4 Å². The Morgan fingerprint density at radius 1 is 1.26 bits per heavy atom. The fourth-order valence-electron chi connectivity index (χ4n) is 4.18. The van der Waals surface area contributed by atoms with E-state index in [1.807, 2.05) is 6.07 Å². The minimum Gasteiger partial charge on any atom is -0.475 e. The first kappa shape index (κ1) is 22.0. The first-order valence-corrected chi connectivity index (χ1v) is 11.4. The van der Waals surface area contributed by atoms with Gasteiger partial charge in [-0.3, -0.25) is 4.57 Å². The van der Waals surface area contributed by atoms with Gasteiger partial charge in [-0.05, 0) is 30.4 Å². The molecule has 0 bridgehead atoms. The standard InChI is InChI=1S/C24H32N2O5/c1-3-5-19(4-2)30-14-17-6-7-21-18(12-17)8-9-26-22(21)13-23(25-24(26)27)31-16-20-15-28-10-11-29-20/h6-7,12-13,19-20H,3-5,8-11,14-16H2,1-2H3/t19?,20-/m0/s1. The molecule has 31 heavy (non-hydrogen) atoms. The molecule has 7 heteroatoms. The van der Waals surface area contributed by atoms with Crippen molar-refractivity contribution in [1.82, 2.24) is 9.55 Å². The number of hydrogen-bond acceptors (Lipinski definition) is 6. The van der Waals surface area contributed by atoms with Gasteiger partial charge in [0.05, 0.1) is 38.2 Å². The van der Waals surface area contributed by atoms with Gasteiger partial charge in [0.2, 0.25) is 5.88 Å². The molecule has 0 aliphatic carbocycles. The van der Waals surface area contributed by atoms with Crippen LogP contribution in [-0.4, -0.2) is 48.2 Å². The van der Waals surface area contributed by atoms with Crippen molar-refractivity contribution in [3.05, 3.63) is 45.9 Å². The first-order chi connectivity index (χ1) is 15.2. The summed E-state index contributed by atoms with van der Waals surface area (Å²) >= 11 is 0. The second kappa shape index (κ2) is 10.4. The average Bonchev–Trinajstić information content (AvgIpc) is 2.80. The maximum absolute atomic E-state index is 12.6. The predicted molar refractivity (Wildman–Crippen MR) is 117 cm³/mol. The molecule has 0 N–H and O–H groups in total. The van der Waals surface area contributed by atoms with Gasteiger partial charge in [-0.25, -0.2) is 4.79 Å². The molecule has 2 aromatic rings. The van der Waals surface area contributed by atoms with Gasteiger partial charge in [0, 0.05) is 18.2 Å². The van der Waals surface area contributed by atoms with Crippen molar-refractivity contribution in [1.29, 1.82) is 0 Å². The molecule has 168 valence electrons. The Morgan fingerprint density at radius 3 is 2.94 bits per heavy atom. The van der Waals surface area contributed by atoms with Crippen molar-refractivity contribution < 1.29 is 18.9 Å². The molecular weight excluding hydrogens is 396 g/mol. The quantitative estimate of drug-likeness (QED) is 0.610. The number of ether oxygens (including phenoxy) is 4. The van der Waals surface area contributed by atoms with Crippen molar-refractivity contribution in [2.24, 2.45) is 0 Å². The van der Waals surface area contributed by atoms with Gasteiger partial charge in [0.15, 0.2) is 0 Å². The van der Waals surface area contributed by atoms with E-state index in [4.69, 9.17) is 18.9 Å². The fraction of sp³-hybridized carbons (Fsp3) is 0.583. The summed E-state index contributed by atoms with van der Waals surface area (Å²) < 4.78 is 24.6. The van der Waals surface area contributed by atoms with Gasteiger partial charge in [-0.2, -0.15) is 4.98 Å². The van der Waals surface area contributed by atoms with E-state index in [0.29, 0.717) is 51.6 Å². The molecule has 0 radical (unpaired) electrons. The summed E-state index contributed by atoms with van der Waals surface area (Å²) in [6, 6.07) is 8.23. The van der Waals surface area contributed by atoms with E-state index < -0.39 is 0 Å². The number of aromatic nitrogens is 2. The number of hydrogen-bond donors (Lipinski definition) is 0. The van der Waals surface area contributed by atoms with E-state index in [0.717, 1.165) is 36.9 Å². The Kier molecular flexibility index (Phi) is 7.37. The smallest absolute Gasteiger partial charge is 0.351 e. The zero-order valence-electron chi connectivity index (χ0n) is 18.5. The van der Waals surface area contributed by atoms with Crippen molar-refractivity contribution in [2.75, 3.05) is 26.4 Å². The van der Waals surface area contributed by atoms with Crippen LogP contribution in [0, 0.1) is 0 Å². The maximum Gasteiger partial charge on any atom is 0.351 e. The Morgan fingerprint density at radius 2 is 2.16 bits per heavy atom. The fourth-order valence-corrected chi connectivity index (χ4v) is 4.18. The summed E-state index contributed by atoms with van der Waals surface area (Å²) in [5.41, 5.74) is 4.02. The molecule has 1 saturated heterocycles. The third-order valence-corrected chi connectivity index (χ3v) is 5.89. The largest absolute Gasteiger partial charge is 0.475 e. The maximum atomic E-state index is 12.6. The van der Waals surface area contributed by atoms with Gasteiger partial charge >= 0.3 is 5.69 Å². The van der Waals surface area contributed by atoms with Crippen molar-refractivity contribution in [3.63, 3.8) is 0 Å². The normalized spacial score (nSPS) is 18.8. The molecule has 2 aliphatic rings. The summed E-state index contributed by atoms with van der Waals surface area (Å²) in [5.74, 6) is 0.330. The SMILES string of the molecule is CCCC(CC)OCc1ccc2c(c1)CCn1c-2cc(OC[C@@H]2COCCO2)nc1=O. The average molecular weight is 429 g/mol. The Labute approximate surface area is 183 Å². The molecule has 2 aliphatic heterocycles. The summed E-state index contributed by atoms with van der Waals surface area (Å²) in [6.07, 6.45) is 4.23. The van der Waals surface area contributed by atoms with E-state index in [1.165, 1.54) is 11.1 Å². The van der Waals surface area contributed by atoms with Crippen molar-refractivity contribution >= 4 is 0 Å². The summed E-state index contributed by atoms with van der Waals surface area (Å²) in [7, 11) is 0. The molecule has 1 aromatic heterocycles. The molecule has 2 atom stereocenters. The topological polar surface area (TPSA) is 71.8 Å². The van der Waals surface area contributed by atoms with Gasteiger partial charge in [0.25, 0.3) is 0 Å². The number of benzene rings is 1. The van der Waals surface area contributed by atoms with Crippen LogP contribution in [0.2, 0.25) is 0 Å². The lowest BCUT2D eigenvalue weighted by atomic mass is 9.95. The number of rotatable bonds is 9. The molecule has 0 amide bonds. The first-order valence-electron chi connectivity index (χ1n) is 11.4. The van der Waals surface area contributed by atoms with Crippen LogP contribution in [0.15, 0.2) is 29.1 Å². The molecule has 1 aromatic carbocycles. The van der Waals surface area contributed by atoms with Crippen LogP contribution in [-0.2, 0) is 33.8 Å². The Bertz CT molecular complexity index is 936. The monoisotopic (exact) mass is 428 g/mol. The van der Waals surface area contributed by atoms with Crippen LogP contribution in [0.5, 0.6) is 5.88 Å². The lowest BCUT2D eigenvalue weighted by molar-refractivity contribution is -0.102. The zero-order chi connectivity index (χ0) is 21.6. The van der Waals surface area contributed by atoms with E-state index >= 15 is 0 Å². The molecule has 4 rings (SSSR count). The van der Waals surface area contributed by atoms with Crippen LogP contribution >= 0.6 is 0 Å². The highest BCUT2D eigenvalue weighted by molar-refractivity contribution is 5.67. The van der Waals surface area contributed by atoms with Gasteiger partial charge in [-0.15, -0.1) is 0 Å². The van der Waals surface area contributed by atoms with Crippen molar-refractivity contribution in [2.45, 2.75) is 64.9 Å². The lowest BCUT2D eigenvalue weighted by Gasteiger charge is -2.24. The third-order valence-electron chi connectivity index (χ3n) is 5.89. The van der Waals surface area contributed by atoms with Gasteiger partial charge in [0.1, 0.15) is 12.7 Å². The van der Waals surface area contributed by atoms with Crippen LogP contribution in [0.4, 0.5) is 0 Å².